The van der Waals surface area contributed by atoms with Crippen molar-refractivity contribution in [3.05, 3.63) is 23.9 Å². The van der Waals surface area contributed by atoms with Crippen molar-refractivity contribution in [1.82, 2.24) is 14.3 Å². The number of nitrogens with zero attached hydrogens (tertiary/aromatic N) is 3. The molecule has 4 nitrogen and oxygen atoms in total. The molecule has 0 spiro atoms. The van der Waals surface area contributed by atoms with Gasteiger partial charge in [0.2, 0.25) is 5.13 Å². The maximum atomic E-state index is 4.34. The van der Waals surface area contributed by atoms with E-state index in [0.29, 0.717) is 5.82 Å². The second kappa shape index (κ2) is 3.71. The Balaban J connectivity index is 2.39. The van der Waals surface area contributed by atoms with Crippen molar-refractivity contribution in [1.29, 1.82) is 0 Å². The zero-order valence-electron chi connectivity index (χ0n) is 7.98. The number of anilines is 1. The minimum absolute atomic E-state index is 0.683. The Morgan fingerprint density at radius 1 is 1.29 bits per heavy atom. The molecule has 1 N–H and O–H groups in total. The molecular formula is C9H10N4S. The first-order chi connectivity index (χ1) is 6.79. The van der Waals surface area contributed by atoms with Crippen LogP contribution in [0.1, 0.15) is 5.69 Å². The third kappa shape index (κ3) is 1.72. The van der Waals surface area contributed by atoms with Crippen LogP contribution in [0.5, 0.6) is 0 Å². The first-order valence-electron chi connectivity index (χ1n) is 4.25. The van der Waals surface area contributed by atoms with Crippen LogP contribution in [-0.2, 0) is 0 Å². The van der Waals surface area contributed by atoms with Gasteiger partial charge in [0.1, 0.15) is 5.69 Å². The normalized spacial score (nSPS) is 10.1. The molecular weight excluding hydrogens is 196 g/mol. The van der Waals surface area contributed by atoms with Gasteiger partial charge < -0.3 is 5.32 Å². The monoisotopic (exact) mass is 206 g/mol. The minimum atomic E-state index is 0.683. The van der Waals surface area contributed by atoms with Gasteiger partial charge in [-0.3, -0.25) is 0 Å². The highest BCUT2D eigenvalue weighted by atomic mass is 32.1. The summed E-state index contributed by atoms with van der Waals surface area (Å²) in [4.78, 5) is 8.62. The molecule has 0 saturated carbocycles. The van der Waals surface area contributed by atoms with Gasteiger partial charge in [0, 0.05) is 24.3 Å². The van der Waals surface area contributed by atoms with Crippen LogP contribution in [0.15, 0.2) is 18.2 Å². The molecule has 2 rings (SSSR count). The van der Waals surface area contributed by atoms with E-state index in [2.05, 4.69) is 19.7 Å². The molecule has 0 aromatic carbocycles. The van der Waals surface area contributed by atoms with Crippen LogP contribution in [0.2, 0.25) is 0 Å². The largest absolute Gasteiger partial charge is 0.363 e. The van der Waals surface area contributed by atoms with Gasteiger partial charge in [-0.2, -0.15) is 9.36 Å². The fourth-order valence-electron chi connectivity index (χ4n) is 1.10. The highest BCUT2D eigenvalue weighted by Crippen LogP contribution is 2.18. The molecule has 0 unspecified atom stereocenters. The van der Waals surface area contributed by atoms with Gasteiger partial charge in [0.05, 0.1) is 0 Å². The third-order valence-corrected chi connectivity index (χ3v) is 2.49. The van der Waals surface area contributed by atoms with E-state index < -0.39 is 0 Å². The summed E-state index contributed by atoms with van der Waals surface area (Å²) < 4.78 is 4.20. The Bertz CT molecular complexity index is 438. The maximum Gasteiger partial charge on any atom is 0.202 e. The van der Waals surface area contributed by atoms with Gasteiger partial charge in [-0.1, -0.05) is 6.07 Å². The van der Waals surface area contributed by atoms with Crippen molar-refractivity contribution >= 4 is 16.7 Å². The Kier molecular flexibility index (Phi) is 2.41. The lowest BCUT2D eigenvalue weighted by Gasteiger charge is -1.95. The predicted molar refractivity (Wildman–Crippen MR) is 57.4 cm³/mol. The van der Waals surface area contributed by atoms with E-state index in [0.717, 1.165) is 16.5 Å². The molecule has 2 heterocycles. The van der Waals surface area contributed by atoms with Gasteiger partial charge in [0.25, 0.3) is 0 Å². The molecule has 0 amide bonds. The second-order valence-corrected chi connectivity index (χ2v) is 3.59. The van der Waals surface area contributed by atoms with Crippen LogP contribution in [0, 0.1) is 6.92 Å². The zero-order chi connectivity index (χ0) is 9.97. The second-order valence-electron chi connectivity index (χ2n) is 2.84. The molecule has 0 saturated heterocycles. The summed E-state index contributed by atoms with van der Waals surface area (Å²) in [5.74, 6) is 0.683. The molecule has 5 heteroatoms. The average Bonchev–Trinajstić information content (AvgIpc) is 2.66. The summed E-state index contributed by atoms with van der Waals surface area (Å²) >= 11 is 1.34. The van der Waals surface area contributed by atoms with Crippen LogP contribution < -0.4 is 5.32 Å². The Hall–Kier alpha value is -1.49. The fourth-order valence-corrected chi connectivity index (χ4v) is 1.62. The zero-order valence-corrected chi connectivity index (χ0v) is 8.80. The van der Waals surface area contributed by atoms with E-state index >= 15 is 0 Å². The van der Waals surface area contributed by atoms with Crippen molar-refractivity contribution in [2.24, 2.45) is 0 Å². The van der Waals surface area contributed by atoms with Gasteiger partial charge in [-0.25, -0.2) is 4.98 Å². The Labute approximate surface area is 86.2 Å². The highest BCUT2D eigenvalue weighted by molar-refractivity contribution is 7.09. The topological polar surface area (TPSA) is 50.7 Å². The van der Waals surface area contributed by atoms with Gasteiger partial charge in [0.15, 0.2) is 5.82 Å². The van der Waals surface area contributed by atoms with E-state index in [-0.39, 0.29) is 0 Å². The third-order valence-electron chi connectivity index (χ3n) is 1.76. The van der Waals surface area contributed by atoms with Crippen molar-refractivity contribution in [3.8, 4) is 11.5 Å². The number of aromatic nitrogens is 3. The number of nitrogens with one attached hydrogen (secondary N) is 1. The van der Waals surface area contributed by atoms with Crippen LogP contribution in [0.3, 0.4) is 0 Å². The van der Waals surface area contributed by atoms with Crippen molar-refractivity contribution < 1.29 is 0 Å². The van der Waals surface area contributed by atoms with Gasteiger partial charge in [-0.05, 0) is 19.1 Å². The van der Waals surface area contributed by atoms with Crippen LogP contribution in [-0.4, -0.2) is 21.4 Å². The SMILES string of the molecule is CNc1nc(-c2cccc(C)n2)ns1. The van der Waals surface area contributed by atoms with Crippen molar-refractivity contribution in [2.75, 3.05) is 12.4 Å². The smallest absolute Gasteiger partial charge is 0.202 e. The van der Waals surface area contributed by atoms with Crippen LogP contribution in [0.25, 0.3) is 11.5 Å². The van der Waals surface area contributed by atoms with Crippen molar-refractivity contribution in [2.45, 2.75) is 6.92 Å². The summed E-state index contributed by atoms with van der Waals surface area (Å²) in [5.41, 5.74) is 1.80. The van der Waals surface area contributed by atoms with E-state index in [4.69, 9.17) is 0 Å². The predicted octanol–water partition coefficient (Wildman–Crippen LogP) is 1.95. The fraction of sp³-hybridized carbons (Fsp3) is 0.222. The summed E-state index contributed by atoms with van der Waals surface area (Å²) in [5, 5.41) is 3.76. The number of hydrogen-bond donors (Lipinski definition) is 1. The van der Waals surface area contributed by atoms with Gasteiger partial charge >= 0.3 is 0 Å². The van der Waals surface area contributed by atoms with Crippen LogP contribution >= 0.6 is 11.5 Å². The Morgan fingerprint density at radius 2 is 2.14 bits per heavy atom. The molecule has 0 aliphatic rings. The van der Waals surface area contributed by atoms with Gasteiger partial charge in [-0.15, -0.1) is 0 Å². The molecule has 2 aromatic rings. The average molecular weight is 206 g/mol. The lowest BCUT2D eigenvalue weighted by atomic mass is 10.3. The molecule has 0 atom stereocenters. The van der Waals surface area contributed by atoms with E-state index in [1.807, 2.05) is 32.2 Å². The van der Waals surface area contributed by atoms with Crippen LogP contribution in [0.4, 0.5) is 5.13 Å². The highest BCUT2D eigenvalue weighted by Gasteiger charge is 2.06. The molecule has 0 radical (unpaired) electrons. The number of pyridine rings is 1. The first kappa shape index (κ1) is 9.08. The molecule has 14 heavy (non-hydrogen) atoms. The minimum Gasteiger partial charge on any atom is -0.363 e. The molecule has 0 aliphatic heterocycles. The molecule has 0 aliphatic carbocycles. The molecule has 0 bridgehead atoms. The summed E-state index contributed by atoms with van der Waals surface area (Å²) in [6.07, 6.45) is 0. The number of rotatable bonds is 2. The molecule has 0 fully saturated rings. The quantitative estimate of drug-likeness (QED) is 0.816. The lowest BCUT2D eigenvalue weighted by Crippen LogP contribution is -1.89. The maximum absolute atomic E-state index is 4.34. The van der Waals surface area contributed by atoms with E-state index in [1.54, 1.807) is 0 Å². The number of aryl methyl sites for hydroxylation is 1. The number of hydrogen-bond acceptors (Lipinski definition) is 5. The standard InChI is InChI=1S/C9H10N4S/c1-6-4-3-5-7(11-6)8-12-9(10-2)14-13-8/h3-5H,1-2H3,(H,10,12,13). The van der Waals surface area contributed by atoms with E-state index in [1.165, 1.54) is 11.5 Å². The lowest BCUT2D eigenvalue weighted by molar-refractivity contribution is 1.17. The van der Waals surface area contributed by atoms with Crippen molar-refractivity contribution in [3.63, 3.8) is 0 Å². The Morgan fingerprint density at radius 3 is 2.79 bits per heavy atom. The van der Waals surface area contributed by atoms with E-state index in [9.17, 15) is 0 Å². The first-order valence-corrected chi connectivity index (χ1v) is 5.02. The molecule has 72 valence electrons. The summed E-state index contributed by atoms with van der Waals surface area (Å²) in [6.45, 7) is 1.95. The molecule has 2 aromatic heterocycles. The summed E-state index contributed by atoms with van der Waals surface area (Å²) in [7, 11) is 1.83. The summed E-state index contributed by atoms with van der Waals surface area (Å²) in [6, 6.07) is 5.82.